The Morgan fingerprint density at radius 3 is 0.940 bits per heavy atom. The zero-order chi connectivity index (χ0) is 35.8. The van der Waals surface area contributed by atoms with E-state index in [1.807, 2.05) is 0 Å². The van der Waals surface area contributed by atoms with Crippen molar-refractivity contribution in [3.05, 3.63) is 29.6 Å². The molecular formula is C49H94N+. The minimum Gasteiger partial charge on any atom is -0.202 e. The van der Waals surface area contributed by atoms with Gasteiger partial charge in [0.25, 0.3) is 0 Å². The van der Waals surface area contributed by atoms with Crippen LogP contribution in [0.4, 0.5) is 0 Å². The van der Waals surface area contributed by atoms with Crippen molar-refractivity contribution in [2.45, 2.75) is 284 Å². The van der Waals surface area contributed by atoms with E-state index in [0.717, 1.165) is 0 Å². The summed E-state index contributed by atoms with van der Waals surface area (Å²) in [7, 11) is 0. The molecule has 0 bridgehead atoms. The first-order valence-electron chi connectivity index (χ1n) is 23.8. The van der Waals surface area contributed by atoms with E-state index in [0.29, 0.717) is 0 Å². The summed E-state index contributed by atoms with van der Waals surface area (Å²) in [4.78, 5) is 0. The van der Waals surface area contributed by atoms with Crippen molar-refractivity contribution >= 4 is 0 Å². The van der Waals surface area contributed by atoms with Crippen LogP contribution >= 0.6 is 0 Å². The molecule has 1 aromatic rings. The monoisotopic (exact) mass is 697 g/mol. The fourth-order valence-electron chi connectivity index (χ4n) is 8.14. The Morgan fingerprint density at radius 2 is 0.600 bits per heavy atom. The number of aromatic nitrogens is 1. The highest BCUT2D eigenvalue weighted by Crippen LogP contribution is 2.18. The van der Waals surface area contributed by atoms with Crippen LogP contribution in [0, 0.1) is 0 Å². The van der Waals surface area contributed by atoms with Gasteiger partial charge in [-0.2, -0.15) is 0 Å². The number of rotatable bonds is 41. The second-order valence-electron chi connectivity index (χ2n) is 16.5. The summed E-state index contributed by atoms with van der Waals surface area (Å²) in [6, 6.07) is 4.83. The Bertz CT molecular complexity index is 783. The van der Waals surface area contributed by atoms with Crippen LogP contribution in [0.1, 0.15) is 276 Å². The third-order valence-corrected chi connectivity index (χ3v) is 11.6. The highest BCUT2D eigenvalue weighted by atomic mass is 15.0. The smallest absolute Gasteiger partial charge is 0.184 e. The molecule has 1 heteroatoms. The van der Waals surface area contributed by atoms with Gasteiger partial charge in [0.1, 0.15) is 6.54 Å². The molecule has 1 nitrogen and oxygen atoms in total. The highest BCUT2D eigenvalue weighted by Gasteiger charge is 2.15. The maximum absolute atomic E-state index is 2.67. The molecule has 0 aliphatic carbocycles. The molecule has 0 aliphatic rings. The first-order chi connectivity index (χ1) is 24.8. The molecule has 0 radical (unpaired) electrons. The fraction of sp³-hybridized carbons (Fsp3) is 0.898. The lowest BCUT2D eigenvalue weighted by molar-refractivity contribution is -0.705. The summed E-state index contributed by atoms with van der Waals surface area (Å²) in [5.74, 6) is 0. The summed E-state index contributed by atoms with van der Waals surface area (Å²) in [6.07, 6.45) is 59.8. The lowest BCUT2D eigenvalue weighted by atomic mass is 9.99. The molecule has 0 aromatic carbocycles. The van der Waals surface area contributed by atoms with Crippen molar-refractivity contribution in [2.75, 3.05) is 0 Å². The maximum atomic E-state index is 2.67. The van der Waals surface area contributed by atoms with Crippen LogP contribution in [0.25, 0.3) is 0 Å². The van der Waals surface area contributed by atoms with E-state index in [9.17, 15) is 0 Å². The molecule has 0 atom stereocenters. The molecule has 0 spiro atoms. The standard InChI is InChI=1S/C49H94N/c1-4-7-10-13-16-18-20-22-24-26-28-30-32-34-36-39-43-48-44-42-47-50(46-41-38-15-12-9-6-3)49(48)45-40-37-35-33-31-29-27-25-23-21-19-17-14-11-8-5-2/h42,44,47H,4-41,43,45-46H2,1-3H3/q+1. The second-order valence-corrected chi connectivity index (χ2v) is 16.5. The summed E-state index contributed by atoms with van der Waals surface area (Å²) in [5.41, 5.74) is 3.36. The van der Waals surface area contributed by atoms with E-state index in [1.54, 1.807) is 11.3 Å². The van der Waals surface area contributed by atoms with Gasteiger partial charge in [0.15, 0.2) is 11.9 Å². The van der Waals surface area contributed by atoms with Crippen LogP contribution in [0.2, 0.25) is 0 Å². The molecule has 0 saturated heterocycles. The first kappa shape index (κ1) is 47.2. The van der Waals surface area contributed by atoms with Crippen LogP contribution < -0.4 is 4.57 Å². The molecule has 1 rings (SSSR count). The van der Waals surface area contributed by atoms with Crippen LogP contribution in [0.3, 0.4) is 0 Å². The summed E-state index contributed by atoms with van der Waals surface area (Å²) < 4.78 is 2.67. The number of hydrogen-bond acceptors (Lipinski definition) is 0. The van der Waals surface area contributed by atoms with Gasteiger partial charge in [0.05, 0.1) is 0 Å². The van der Waals surface area contributed by atoms with Crippen molar-refractivity contribution in [3.63, 3.8) is 0 Å². The average molecular weight is 697 g/mol. The minimum absolute atomic E-state index is 1.23. The van der Waals surface area contributed by atoms with Crippen molar-refractivity contribution in [3.8, 4) is 0 Å². The van der Waals surface area contributed by atoms with Gasteiger partial charge in [-0.05, 0) is 31.7 Å². The van der Waals surface area contributed by atoms with Gasteiger partial charge in [-0.1, -0.05) is 239 Å². The molecule has 50 heavy (non-hydrogen) atoms. The number of hydrogen-bond donors (Lipinski definition) is 0. The molecule has 294 valence electrons. The quantitative estimate of drug-likeness (QED) is 0.0474. The zero-order valence-electron chi connectivity index (χ0n) is 35.2. The van der Waals surface area contributed by atoms with Crippen LogP contribution in [0.15, 0.2) is 18.3 Å². The zero-order valence-corrected chi connectivity index (χ0v) is 35.2. The molecule has 1 heterocycles. The Morgan fingerprint density at radius 1 is 0.320 bits per heavy atom. The lowest BCUT2D eigenvalue weighted by Gasteiger charge is -2.11. The normalized spacial score (nSPS) is 11.6. The SMILES string of the molecule is CCCCCCCCCCCCCCCCCCc1ccc[n+](CCCCCCCC)c1CCCCCCCCCCCCCCCCCC. The molecular weight excluding hydrogens is 603 g/mol. The van der Waals surface area contributed by atoms with Gasteiger partial charge in [-0.25, -0.2) is 4.57 Å². The molecule has 0 aliphatic heterocycles. The first-order valence-corrected chi connectivity index (χ1v) is 23.8. The van der Waals surface area contributed by atoms with Crippen molar-refractivity contribution in [1.29, 1.82) is 0 Å². The largest absolute Gasteiger partial charge is 0.202 e. The van der Waals surface area contributed by atoms with Gasteiger partial charge < -0.3 is 0 Å². The molecule has 1 aromatic heterocycles. The van der Waals surface area contributed by atoms with Crippen molar-refractivity contribution < 1.29 is 4.57 Å². The highest BCUT2D eigenvalue weighted by molar-refractivity contribution is 5.16. The molecule has 0 saturated carbocycles. The Kier molecular flexibility index (Phi) is 37.1. The van der Waals surface area contributed by atoms with Gasteiger partial charge in [0.2, 0.25) is 0 Å². The van der Waals surface area contributed by atoms with Gasteiger partial charge in [-0.15, -0.1) is 0 Å². The number of nitrogens with zero attached hydrogens (tertiary/aromatic N) is 1. The molecule has 0 unspecified atom stereocenters. The fourth-order valence-corrected chi connectivity index (χ4v) is 8.14. The predicted octanol–water partition coefficient (Wildman–Crippen LogP) is 16.9. The molecule has 0 N–H and O–H groups in total. The van der Waals surface area contributed by atoms with E-state index in [2.05, 4.69) is 43.7 Å². The van der Waals surface area contributed by atoms with E-state index in [1.165, 1.54) is 263 Å². The van der Waals surface area contributed by atoms with Gasteiger partial charge in [0, 0.05) is 24.5 Å². The maximum Gasteiger partial charge on any atom is 0.184 e. The minimum atomic E-state index is 1.23. The molecule has 0 amide bonds. The van der Waals surface area contributed by atoms with Crippen molar-refractivity contribution in [1.82, 2.24) is 0 Å². The van der Waals surface area contributed by atoms with Crippen molar-refractivity contribution in [2.24, 2.45) is 0 Å². The second kappa shape index (κ2) is 39.4. The van der Waals surface area contributed by atoms with Crippen LogP contribution in [-0.2, 0) is 19.4 Å². The van der Waals surface area contributed by atoms with Gasteiger partial charge in [-0.3, -0.25) is 0 Å². The van der Waals surface area contributed by atoms with E-state index < -0.39 is 0 Å². The summed E-state index contributed by atoms with van der Waals surface area (Å²) in [5, 5.41) is 0. The van der Waals surface area contributed by atoms with E-state index in [4.69, 9.17) is 0 Å². The van der Waals surface area contributed by atoms with E-state index in [-0.39, 0.29) is 0 Å². The summed E-state index contributed by atoms with van der Waals surface area (Å²) >= 11 is 0. The number of aryl methyl sites for hydroxylation is 2. The lowest BCUT2D eigenvalue weighted by Crippen LogP contribution is -2.39. The topological polar surface area (TPSA) is 3.88 Å². The van der Waals surface area contributed by atoms with Crippen LogP contribution in [0.5, 0.6) is 0 Å². The van der Waals surface area contributed by atoms with E-state index >= 15 is 0 Å². The number of pyridine rings is 1. The third kappa shape index (κ3) is 30.7. The van der Waals surface area contributed by atoms with Gasteiger partial charge >= 0.3 is 0 Å². The Balaban J connectivity index is 2.24. The molecule has 0 fully saturated rings. The average Bonchev–Trinajstić information content (AvgIpc) is 3.13. The van der Waals surface area contributed by atoms with Crippen LogP contribution in [-0.4, -0.2) is 0 Å². The Hall–Kier alpha value is -0.850. The summed E-state index contributed by atoms with van der Waals surface area (Å²) in [6.45, 7) is 8.18. The Labute approximate surface area is 317 Å². The third-order valence-electron chi connectivity index (χ3n) is 11.6. The predicted molar refractivity (Wildman–Crippen MR) is 227 cm³/mol. The number of unbranched alkanes of at least 4 members (excludes halogenated alkanes) is 35.